The summed E-state index contributed by atoms with van der Waals surface area (Å²) in [7, 11) is 3.97. The molecule has 2 aromatic carbocycles. The summed E-state index contributed by atoms with van der Waals surface area (Å²) in [5, 5.41) is 7.92. The van der Waals surface area contributed by atoms with E-state index in [0.29, 0.717) is 17.3 Å². The summed E-state index contributed by atoms with van der Waals surface area (Å²) in [5.41, 5.74) is 9.46. The molecule has 0 amide bonds. The lowest BCUT2D eigenvalue weighted by atomic mass is 10.2. The van der Waals surface area contributed by atoms with E-state index in [1.165, 1.54) is 0 Å². The SMILES string of the molecule is CN(C)c1ccc(/C(N)=N\OCc2cc(-c3ccccc3)on2)cc1. The first-order chi connectivity index (χ1) is 12.1. The van der Waals surface area contributed by atoms with E-state index in [2.05, 4.69) is 10.3 Å². The number of amidine groups is 1. The standard InChI is InChI=1S/C19H20N4O2/c1-23(2)17-10-8-15(9-11-17)19(20)22-24-13-16-12-18(25-21-16)14-6-4-3-5-7-14/h3-12H,13H2,1-2H3,(H2,20,22). The Kier molecular flexibility index (Phi) is 4.99. The van der Waals surface area contributed by atoms with Gasteiger partial charge in [0.05, 0.1) is 0 Å². The number of benzene rings is 2. The van der Waals surface area contributed by atoms with Gasteiger partial charge >= 0.3 is 0 Å². The van der Waals surface area contributed by atoms with Crippen molar-refractivity contribution >= 4 is 11.5 Å². The Bertz CT molecular complexity index is 839. The molecule has 0 aliphatic heterocycles. The van der Waals surface area contributed by atoms with Crippen LogP contribution in [0.25, 0.3) is 11.3 Å². The first-order valence-electron chi connectivity index (χ1n) is 7.87. The highest BCUT2D eigenvalue weighted by Gasteiger charge is 2.07. The first kappa shape index (κ1) is 16.6. The van der Waals surface area contributed by atoms with E-state index in [-0.39, 0.29) is 6.61 Å². The minimum Gasteiger partial charge on any atom is -0.387 e. The molecule has 0 radical (unpaired) electrons. The largest absolute Gasteiger partial charge is 0.387 e. The number of nitrogens with two attached hydrogens (primary N) is 1. The molecule has 0 saturated carbocycles. The quantitative estimate of drug-likeness (QED) is 0.425. The maximum Gasteiger partial charge on any atom is 0.170 e. The number of hydrogen-bond donors (Lipinski definition) is 1. The molecule has 6 heteroatoms. The zero-order valence-electron chi connectivity index (χ0n) is 14.2. The molecule has 3 aromatic rings. The fraction of sp³-hybridized carbons (Fsp3) is 0.158. The number of oxime groups is 1. The minimum absolute atomic E-state index is 0.187. The molecule has 0 aliphatic carbocycles. The van der Waals surface area contributed by atoms with Crippen LogP contribution in [-0.4, -0.2) is 25.1 Å². The molecule has 0 spiro atoms. The van der Waals surface area contributed by atoms with Gasteiger partial charge in [0.1, 0.15) is 5.69 Å². The first-order valence-corrected chi connectivity index (χ1v) is 7.87. The molecule has 0 unspecified atom stereocenters. The Hall–Kier alpha value is -3.28. The fourth-order valence-electron chi connectivity index (χ4n) is 2.27. The van der Waals surface area contributed by atoms with E-state index < -0.39 is 0 Å². The van der Waals surface area contributed by atoms with Crippen molar-refractivity contribution in [3.63, 3.8) is 0 Å². The molecule has 0 aliphatic rings. The Morgan fingerprint density at radius 2 is 1.84 bits per heavy atom. The van der Waals surface area contributed by atoms with Crippen LogP contribution >= 0.6 is 0 Å². The van der Waals surface area contributed by atoms with Crippen LogP contribution in [0.1, 0.15) is 11.3 Å². The second-order valence-corrected chi connectivity index (χ2v) is 5.74. The van der Waals surface area contributed by atoms with E-state index in [1.54, 1.807) is 0 Å². The van der Waals surface area contributed by atoms with Crippen LogP contribution in [0.2, 0.25) is 0 Å². The van der Waals surface area contributed by atoms with Gasteiger partial charge < -0.3 is 20.0 Å². The monoisotopic (exact) mass is 336 g/mol. The van der Waals surface area contributed by atoms with Gasteiger partial charge in [0, 0.05) is 37.0 Å². The van der Waals surface area contributed by atoms with E-state index in [4.69, 9.17) is 15.1 Å². The van der Waals surface area contributed by atoms with Crippen molar-refractivity contribution in [1.29, 1.82) is 0 Å². The third-order valence-corrected chi connectivity index (χ3v) is 3.67. The molecule has 0 atom stereocenters. The number of aromatic nitrogens is 1. The molecule has 0 bridgehead atoms. The number of anilines is 1. The summed E-state index contributed by atoms with van der Waals surface area (Å²) in [5.74, 6) is 1.01. The zero-order valence-corrected chi connectivity index (χ0v) is 14.2. The van der Waals surface area contributed by atoms with Crippen molar-refractivity contribution in [2.75, 3.05) is 19.0 Å². The van der Waals surface area contributed by atoms with Gasteiger partial charge in [-0.05, 0) is 24.3 Å². The highest BCUT2D eigenvalue weighted by molar-refractivity contribution is 5.97. The second kappa shape index (κ2) is 7.53. The van der Waals surface area contributed by atoms with E-state index in [0.717, 1.165) is 16.8 Å². The highest BCUT2D eigenvalue weighted by Crippen LogP contribution is 2.20. The Labute approximate surface area is 146 Å². The molecular weight excluding hydrogens is 316 g/mol. The molecule has 1 aromatic heterocycles. The van der Waals surface area contributed by atoms with Crippen molar-refractivity contribution in [2.24, 2.45) is 10.9 Å². The Morgan fingerprint density at radius 1 is 1.12 bits per heavy atom. The van der Waals surface area contributed by atoms with Gasteiger partial charge in [0.25, 0.3) is 0 Å². The fourth-order valence-corrected chi connectivity index (χ4v) is 2.27. The summed E-state index contributed by atoms with van der Waals surface area (Å²) < 4.78 is 5.31. The molecule has 0 saturated heterocycles. The van der Waals surface area contributed by atoms with Crippen molar-refractivity contribution in [3.8, 4) is 11.3 Å². The van der Waals surface area contributed by atoms with Gasteiger partial charge in [-0.3, -0.25) is 0 Å². The molecule has 25 heavy (non-hydrogen) atoms. The van der Waals surface area contributed by atoms with Crippen LogP contribution in [-0.2, 0) is 11.4 Å². The van der Waals surface area contributed by atoms with Crippen LogP contribution in [0.4, 0.5) is 5.69 Å². The summed E-state index contributed by atoms with van der Waals surface area (Å²) in [6.07, 6.45) is 0. The van der Waals surface area contributed by atoms with Crippen molar-refractivity contribution in [3.05, 3.63) is 71.9 Å². The van der Waals surface area contributed by atoms with E-state index in [1.807, 2.05) is 79.7 Å². The average Bonchev–Trinajstić information content (AvgIpc) is 3.11. The summed E-state index contributed by atoms with van der Waals surface area (Å²) in [6.45, 7) is 0.187. The molecule has 0 fully saturated rings. The predicted octanol–water partition coefficient (Wildman–Crippen LogP) is 3.24. The lowest BCUT2D eigenvalue weighted by molar-refractivity contribution is 0.125. The van der Waals surface area contributed by atoms with Gasteiger partial charge in [-0.15, -0.1) is 0 Å². The maximum atomic E-state index is 5.95. The summed E-state index contributed by atoms with van der Waals surface area (Å²) in [6, 6.07) is 19.3. The number of hydrogen-bond acceptors (Lipinski definition) is 5. The van der Waals surface area contributed by atoms with Gasteiger partial charge in [0.15, 0.2) is 18.2 Å². The molecule has 6 nitrogen and oxygen atoms in total. The molecule has 128 valence electrons. The van der Waals surface area contributed by atoms with Gasteiger partial charge in [-0.1, -0.05) is 40.6 Å². The maximum absolute atomic E-state index is 5.95. The molecule has 2 N–H and O–H groups in total. The van der Waals surface area contributed by atoms with E-state index >= 15 is 0 Å². The number of nitrogens with zero attached hydrogens (tertiary/aromatic N) is 3. The van der Waals surface area contributed by atoms with E-state index in [9.17, 15) is 0 Å². The average molecular weight is 336 g/mol. The lowest BCUT2D eigenvalue weighted by Gasteiger charge is -2.12. The summed E-state index contributed by atoms with van der Waals surface area (Å²) >= 11 is 0. The zero-order chi connectivity index (χ0) is 17.6. The smallest absolute Gasteiger partial charge is 0.170 e. The van der Waals surface area contributed by atoms with Crippen LogP contribution in [0.5, 0.6) is 0 Å². The van der Waals surface area contributed by atoms with Crippen LogP contribution < -0.4 is 10.6 Å². The summed E-state index contributed by atoms with van der Waals surface area (Å²) in [4.78, 5) is 7.31. The van der Waals surface area contributed by atoms with Gasteiger partial charge in [-0.2, -0.15) is 0 Å². The second-order valence-electron chi connectivity index (χ2n) is 5.74. The molecular formula is C19H20N4O2. The van der Waals surface area contributed by atoms with Gasteiger partial charge in [-0.25, -0.2) is 0 Å². The van der Waals surface area contributed by atoms with Gasteiger partial charge in [0.2, 0.25) is 0 Å². The normalized spacial score (nSPS) is 11.4. The van der Waals surface area contributed by atoms with Crippen molar-refractivity contribution in [2.45, 2.75) is 6.61 Å². The highest BCUT2D eigenvalue weighted by atomic mass is 16.6. The van der Waals surface area contributed by atoms with Crippen molar-refractivity contribution in [1.82, 2.24) is 5.16 Å². The predicted molar refractivity (Wildman–Crippen MR) is 98.2 cm³/mol. The lowest BCUT2D eigenvalue weighted by Crippen LogP contribution is -2.14. The third-order valence-electron chi connectivity index (χ3n) is 3.67. The Balaban J connectivity index is 1.60. The van der Waals surface area contributed by atoms with Crippen LogP contribution in [0, 0.1) is 0 Å². The van der Waals surface area contributed by atoms with Crippen molar-refractivity contribution < 1.29 is 9.36 Å². The Morgan fingerprint density at radius 3 is 2.52 bits per heavy atom. The third kappa shape index (κ3) is 4.17. The molecule has 3 rings (SSSR count). The minimum atomic E-state index is 0.187. The van der Waals surface area contributed by atoms with Crippen LogP contribution in [0.3, 0.4) is 0 Å². The molecule has 1 heterocycles. The number of rotatable bonds is 6. The van der Waals surface area contributed by atoms with Crippen LogP contribution in [0.15, 0.2) is 70.3 Å². The topological polar surface area (TPSA) is 76.9 Å².